The molecular weight excluding hydrogens is 218 g/mol. The maximum absolute atomic E-state index is 4.37. The van der Waals surface area contributed by atoms with Gasteiger partial charge in [0.2, 0.25) is 5.95 Å². The zero-order valence-electron chi connectivity index (χ0n) is 8.83. The second kappa shape index (κ2) is 4.12. The van der Waals surface area contributed by atoms with Crippen LogP contribution in [-0.4, -0.2) is 30.6 Å². The van der Waals surface area contributed by atoms with Gasteiger partial charge in [-0.05, 0) is 6.07 Å². The summed E-state index contributed by atoms with van der Waals surface area (Å²) in [5, 5.41) is 17.6. The fraction of sp³-hybridized carbons (Fsp3) is 0.100. The summed E-state index contributed by atoms with van der Waals surface area (Å²) in [4.78, 5) is 8.56. The Morgan fingerprint density at radius 2 is 2.18 bits per heavy atom. The zero-order valence-corrected chi connectivity index (χ0v) is 8.83. The van der Waals surface area contributed by atoms with E-state index < -0.39 is 0 Å². The van der Waals surface area contributed by atoms with Crippen molar-refractivity contribution in [3.8, 4) is 0 Å². The average molecular weight is 227 g/mol. The van der Waals surface area contributed by atoms with Crippen molar-refractivity contribution < 1.29 is 0 Å². The monoisotopic (exact) mass is 227 g/mol. The normalized spacial score (nSPS) is 10.6. The minimum atomic E-state index is 0.439. The molecule has 2 aromatic heterocycles. The topological polar surface area (TPSA) is 92.3 Å². The Morgan fingerprint density at radius 1 is 1.24 bits per heavy atom. The summed E-state index contributed by atoms with van der Waals surface area (Å²) in [6, 6.07) is 7.81. The summed E-state index contributed by atoms with van der Waals surface area (Å²) >= 11 is 0. The number of fused-ring (bicyclic) bond motifs is 1. The number of anilines is 1. The molecule has 0 radical (unpaired) electrons. The third kappa shape index (κ3) is 2.03. The van der Waals surface area contributed by atoms with Crippen LogP contribution in [0.15, 0.2) is 30.5 Å². The number of nitrogens with zero attached hydrogens (tertiary/aromatic N) is 5. The zero-order chi connectivity index (χ0) is 11.5. The Labute approximate surface area is 96.3 Å². The van der Waals surface area contributed by atoms with E-state index in [-0.39, 0.29) is 0 Å². The number of hydrogen-bond acceptors (Lipinski definition) is 6. The highest BCUT2D eigenvalue weighted by Crippen LogP contribution is 2.11. The molecule has 0 saturated carbocycles. The number of tetrazole rings is 1. The van der Waals surface area contributed by atoms with Gasteiger partial charge in [0.1, 0.15) is 0 Å². The van der Waals surface area contributed by atoms with E-state index in [2.05, 4.69) is 35.9 Å². The van der Waals surface area contributed by atoms with E-state index in [1.165, 1.54) is 0 Å². The van der Waals surface area contributed by atoms with Crippen LogP contribution >= 0.6 is 0 Å². The smallest absolute Gasteiger partial charge is 0.223 e. The van der Waals surface area contributed by atoms with Crippen molar-refractivity contribution in [2.45, 2.75) is 6.54 Å². The Bertz CT molecular complexity index is 619. The van der Waals surface area contributed by atoms with Gasteiger partial charge in [-0.15, -0.1) is 10.2 Å². The van der Waals surface area contributed by atoms with Crippen LogP contribution in [0.2, 0.25) is 0 Å². The van der Waals surface area contributed by atoms with Crippen molar-refractivity contribution in [3.05, 3.63) is 36.3 Å². The lowest BCUT2D eigenvalue weighted by molar-refractivity contribution is 0.881. The minimum Gasteiger partial charge on any atom is -0.347 e. The Morgan fingerprint density at radius 3 is 3.06 bits per heavy atom. The molecular formula is C10H9N7. The molecule has 3 rings (SSSR count). The second-order valence-electron chi connectivity index (χ2n) is 3.43. The van der Waals surface area contributed by atoms with E-state index in [1.807, 2.05) is 24.3 Å². The number of aromatic nitrogens is 6. The standard InChI is InChI=1S/C10H9N7/c1-2-4-8-7(3-1)5-11-10(13-8)12-6-9-14-16-17-15-9/h1-5H,6H2,(H,11,12,13)(H,14,15,16,17). The first-order valence-electron chi connectivity index (χ1n) is 5.10. The van der Waals surface area contributed by atoms with Gasteiger partial charge in [-0.2, -0.15) is 5.21 Å². The van der Waals surface area contributed by atoms with Gasteiger partial charge in [0.25, 0.3) is 0 Å². The molecule has 0 bridgehead atoms. The molecule has 0 aliphatic heterocycles. The first-order chi connectivity index (χ1) is 8.42. The minimum absolute atomic E-state index is 0.439. The highest BCUT2D eigenvalue weighted by Gasteiger charge is 2.01. The molecule has 0 aliphatic rings. The predicted molar refractivity (Wildman–Crippen MR) is 61.0 cm³/mol. The van der Waals surface area contributed by atoms with Crippen molar-refractivity contribution >= 4 is 16.9 Å². The molecule has 3 aromatic rings. The quantitative estimate of drug-likeness (QED) is 0.686. The number of rotatable bonds is 3. The molecule has 0 unspecified atom stereocenters. The fourth-order valence-corrected chi connectivity index (χ4v) is 1.47. The van der Waals surface area contributed by atoms with Gasteiger partial charge < -0.3 is 5.32 Å². The average Bonchev–Trinajstić information content (AvgIpc) is 2.89. The Hall–Kier alpha value is -2.57. The van der Waals surface area contributed by atoms with E-state index in [9.17, 15) is 0 Å². The summed E-state index contributed by atoms with van der Waals surface area (Å²) in [5.41, 5.74) is 0.901. The van der Waals surface area contributed by atoms with Gasteiger partial charge in [0, 0.05) is 11.6 Å². The van der Waals surface area contributed by atoms with Crippen molar-refractivity contribution in [2.24, 2.45) is 0 Å². The van der Waals surface area contributed by atoms with Crippen LogP contribution in [0.4, 0.5) is 5.95 Å². The van der Waals surface area contributed by atoms with E-state index >= 15 is 0 Å². The molecule has 0 amide bonds. The molecule has 84 valence electrons. The highest BCUT2D eigenvalue weighted by atomic mass is 15.5. The molecule has 0 saturated heterocycles. The van der Waals surface area contributed by atoms with Gasteiger partial charge >= 0.3 is 0 Å². The summed E-state index contributed by atoms with van der Waals surface area (Å²) in [6.07, 6.45) is 1.78. The van der Waals surface area contributed by atoms with E-state index in [0.29, 0.717) is 18.3 Å². The lowest BCUT2D eigenvalue weighted by atomic mass is 10.2. The van der Waals surface area contributed by atoms with Gasteiger partial charge in [-0.3, -0.25) is 0 Å². The highest BCUT2D eigenvalue weighted by molar-refractivity contribution is 5.78. The number of para-hydroxylation sites is 1. The van der Waals surface area contributed by atoms with Crippen LogP contribution < -0.4 is 5.32 Å². The molecule has 2 heterocycles. The molecule has 2 N–H and O–H groups in total. The van der Waals surface area contributed by atoms with Crippen LogP contribution in [0.3, 0.4) is 0 Å². The maximum atomic E-state index is 4.37. The van der Waals surface area contributed by atoms with E-state index in [1.54, 1.807) is 6.20 Å². The van der Waals surface area contributed by atoms with Gasteiger partial charge in [0.05, 0.1) is 12.1 Å². The maximum Gasteiger partial charge on any atom is 0.223 e. The first kappa shape index (κ1) is 9.64. The van der Waals surface area contributed by atoms with Crippen LogP contribution in [-0.2, 0) is 6.54 Å². The molecule has 7 nitrogen and oxygen atoms in total. The Balaban J connectivity index is 1.81. The number of aromatic amines is 1. The fourth-order valence-electron chi connectivity index (χ4n) is 1.47. The van der Waals surface area contributed by atoms with Crippen molar-refractivity contribution in [3.63, 3.8) is 0 Å². The summed E-state index contributed by atoms with van der Waals surface area (Å²) < 4.78 is 0. The number of hydrogen-bond donors (Lipinski definition) is 2. The predicted octanol–water partition coefficient (Wildman–Crippen LogP) is 0.755. The molecule has 1 aromatic carbocycles. The van der Waals surface area contributed by atoms with Crippen LogP contribution in [0.5, 0.6) is 0 Å². The van der Waals surface area contributed by atoms with Crippen LogP contribution in [0.1, 0.15) is 5.82 Å². The third-order valence-electron chi connectivity index (χ3n) is 2.28. The van der Waals surface area contributed by atoms with Gasteiger partial charge in [-0.25, -0.2) is 9.97 Å². The summed E-state index contributed by atoms with van der Waals surface area (Å²) in [5.74, 6) is 1.12. The molecule has 17 heavy (non-hydrogen) atoms. The van der Waals surface area contributed by atoms with Crippen LogP contribution in [0, 0.1) is 0 Å². The Kier molecular flexibility index (Phi) is 2.34. The van der Waals surface area contributed by atoms with Crippen LogP contribution in [0.25, 0.3) is 10.9 Å². The lowest BCUT2D eigenvalue weighted by Gasteiger charge is -2.02. The van der Waals surface area contributed by atoms with Crippen molar-refractivity contribution in [2.75, 3.05) is 5.32 Å². The number of benzene rings is 1. The first-order valence-corrected chi connectivity index (χ1v) is 5.10. The molecule has 0 spiro atoms. The van der Waals surface area contributed by atoms with Gasteiger partial charge in [0.15, 0.2) is 5.82 Å². The van der Waals surface area contributed by atoms with E-state index in [4.69, 9.17) is 0 Å². The SMILES string of the molecule is c1ccc2nc(NCc3nn[nH]n3)ncc2c1. The number of H-pyrrole nitrogens is 1. The molecule has 0 atom stereocenters. The second-order valence-corrected chi connectivity index (χ2v) is 3.43. The van der Waals surface area contributed by atoms with Crippen molar-refractivity contribution in [1.29, 1.82) is 0 Å². The van der Waals surface area contributed by atoms with Crippen molar-refractivity contribution in [1.82, 2.24) is 30.6 Å². The summed E-state index contributed by atoms with van der Waals surface area (Å²) in [7, 11) is 0. The third-order valence-corrected chi connectivity index (χ3v) is 2.28. The molecule has 7 heteroatoms. The summed E-state index contributed by atoms with van der Waals surface area (Å²) in [6.45, 7) is 0.439. The van der Waals surface area contributed by atoms with Gasteiger partial charge in [-0.1, -0.05) is 23.4 Å². The van der Waals surface area contributed by atoms with E-state index in [0.717, 1.165) is 10.9 Å². The molecule has 0 aliphatic carbocycles. The lowest BCUT2D eigenvalue weighted by Crippen LogP contribution is -2.04. The molecule has 0 fully saturated rings. The largest absolute Gasteiger partial charge is 0.347 e. The number of nitrogens with one attached hydrogen (secondary N) is 2.